The summed E-state index contributed by atoms with van der Waals surface area (Å²) in [6.07, 6.45) is 3.24. The summed E-state index contributed by atoms with van der Waals surface area (Å²) in [4.78, 5) is 15.7. The molecule has 76 valence electrons. The minimum atomic E-state index is -0.385. The Morgan fingerprint density at radius 2 is 2.29 bits per heavy atom. The molecule has 1 rings (SSSR count). The van der Waals surface area contributed by atoms with Gasteiger partial charge in [0.05, 0.1) is 6.04 Å². The maximum atomic E-state index is 11.7. The monoisotopic (exact) mass is 192 g/mol. The van der Waals surface area contributed by atoms with Crippen molar-refractivity contribution >= 4 is 5.78 Å². The molecule has 0 saturated carbocycles. The van der Waals surface area contributed by atoms with E-state index in [1.54, 1.807) is 12.3 Å². The molecule has 14 heavy (non-hydrogen) atoms. The number of hydrogen-bond donors (Lipinski definition) is 1. The van der Waals surface area contributed by atoms with E-state index < -0.39 is 0 Å². The van der Waals surface area contributed by atoms with Crippen LogP contribution in [0.2, 0.25) is 0 Å². The smallest absolute Gasteiger partial charge is 0.181 e. The largest absolute Gasteiger partial charge is 0.321 e. The summed E-state index contributed by atoms with van der Waals surface area (Å²) in [7, 11) is 0. The number of aryl methyl sites for hydroxylation is 1. The van der Waals surface area contributed by atoms with Crippen LogP contribution < -0.4 is 5.73 Å². The second-order valence-corrected chi connectivity index (χ2v) is 3.45. The van der Waals surface area contributed by atoms with E-state index in [9.17, 15) is 4.79 Å². The molecule has 0 aliphatic heterocycles. The topological polar surface area (TPSA) is 56.0 Å². The number of ketones is 1. The van der Waals surface area contributed by atoms with E-state index in [-0.39, 0.29) is 11.8 Å². The van der Waals surface area contributed by atoms with Crippen LogP contribution in [0.1, 0.15) is 35.8 Å². The lowest BCUT2D eigenvalue weighted by Crippen LogP contribution is -2.30. The highest BCUT2D eigenvalue weighted by molar-refractivity contribution is 5.99. The number of hydrogen-bond acceptors (Lipinski definition) is 3. The van der Waals surface area contributed by atoms with E-state index in [0.29, 0.717) is 5.56 Å². The zero-order valence-corrected chi connectivity index (χ0v) is 8.66. The Hall–Kier alpha value is -1.22. The van der Waals surface area contributed by atoms with E-state index >= 15 is 0 Å². The second-order valence-electron chi connectivity index (χ2n) is 3.45. The highest BCUT2D eigenvalue weighted by Crippen LogP contribution is 2.05. The molecular formula is C11H16N2O. The zero-order chi connectivity index (χ0) is 10.6. The summed E-state index contributed by atoms with van der Waals surface area (Å²) in [6.45, 7) is 3.90. The molecule has 1 atom stereocenters. The van der Waals surface area contributed by atoms with Crippen molar-refractivity contribution in [3.63, 3.8) is 0 Å². The maximum Gasteiger partial charge on any atom is 0.181 e. The molecule has 1 aromatic heterocycles. The normalized spacial score (nSPS) is 12.5. The number of nitrogens with two attached hydrogens (primary N) is 1. The minimum Gasteiger partial charge on any atom is -0.321 e. The molecule has 0 bridgehead atoms. The Balaban J connectivity index is 2.74. The molecule has 0 fully saturated rings. The average Bonchev–Trinajstić information content (AvgIpc) is 2.18. The van der Waals surface area contributed by atoms with Crippen LogP contribution in [0, 0.1) is 6.92 Å². The van der Waals surface area contributed by atoms with Crippen molar-refractivity contribution in [3.8, 4) is 0 Å². The fourth-order valence-electron chi connectivity index (χ4n) is 1.27. The lowest BCUT2D eigenvalue weighted by Gasteiger charge is -2.08. The first kappa shape index (κ1) is 10.9. The van der Waals surface area contributed by atoms with E-state index in [0.717, 1.165) is 18.5 Å². The van der Waals surface area contributed by atoms with Gasteiger partial charge in [0.25, 0.3) is 0 Å². The Morgan fingerprint density at radius 1 is 1.57 bits per heavy atom. The summed E-state index contributed by atoms with van der Waals surface area (Å²) in [5, 5.41) is 0. The molecule has 3 nitrogen and oxygen atoms in total. The van der Waals surface area contributed by atoms with Crippen molar-refractivity contribution in [2.45, 2.75) is 32.7 Å². The van der Waals surface area contributed by atoms with Crippen LogP contribution >= 0.6 is 0 Å². The molecular weight excluding hydrogens is 176 g/mol. The summed E-state index contributed by atoms with van der Waals surface area (Å²) >= 11 is 0. The number of nitrogens with zero attached hydrogens (tertiary/aromatic N) is 1. The molecule has 0 aliphatic rings. The fourth-order valence-corrected chi connectivity index (χ4v) is 1.27. The summed E-state index contributed by atoms with van der Waals surface area (Å²) in [5.41, 5.74) is 7.24. The predicted molar refractivity (Wildman–Crippen MR) is 56.2 cm³/mol. The Kier molecular flexibility index (Phi) is 3.77. The fraction of sp³-hybridized carbons (Fsp3) is 0.455. The molecule has 0 spiro atoms. The van der Waals surface area contributed by atoms with E-state index in [1.807, 2.05) is 19.9 Å². The molecule has 1 heterocycles. The van der Waals surface area contributed by atoms with Crippen LogP contribution in [0.15, 0.2) is 18.3 Å². The van der Waals surface area contributed by atoms with Crippen molar-refractivity contribution in [1.82, 2.24) is 4.98 Å². The Bertz CT molecular complexity index is 306. The standard InChI is InChI=1S/C11H16N2O/c1-3-4-10(12)11(14)9-6-5-8(2)13-7-9/h5-7,10H,3-4,12H2,1-2H3. The molecule has 0 aromatic carbocycles. The van der Waals surface area contributed by atoms with Crippen LogP contribution in [0.4, 0.5) is 0 Å². The first-order valence-corrected chi connectivity index (χ1v) is 4.87. The quantitative estimate of drug-likeness (QED) is 0.739. The summed E-state index contributed by atoms with van der Waals surface area (Å²) in [6, 6.07) is 3.22. The highest BCUT2D eigenvalue weighted by atomic mass is 16.1. The number of aromatic nitrogens is 1. The van der Waals surface area contributed by atoms with Gasteiger partial charge in [0.1, 0.15) is 0 Å². The van der Waals surface area contributed by atoms with Gasteiger partial charge in [-0.3, -0.25) is 9.78 Å². The summed E-state index contributed by atoms with van der Waals surface area (Å²) in [5.74, 6) is -0.0145. The van der Waals surface area contributed by atoms with Crippen LogP contribution in [-0.2, 0) is 0 Å². The molecule has 0 aliphatic carbocycles. The molecule has 0 saturated heterocycles. The number of pyridine rings is 1. The Labute approximate surface area is 84.3 Å². The lowest BCUT2D eigenvalue weighted by molar-refractivity contribution is 0.0956. The van der Waals surface area contributed by atoms with Crippen molar-refractivity contribution in [3.05, 3.63) is 29.6 Å². The van der Waals surface area contributed by atoms with E-state index in [4.69, 9.17) is 5.73 Å². The highest BCUT2D eigenvalue weighted by Gasteiger charge is 2.14. The van der Waals surface area contributed by atoms with Crippen LogP contribution in [0.25, 0.3) is 0 Å². The van der Waals surface area contributed by atoms with E-state index in [2.05, 4.69) is 4.98 Å². The molecule has 0 radical (unpaired) electrons. The second kappa shape index (κ2) is 4.86. The predicted octanol–water partition coefficient (Wildman–Crippen LogP) is 1.70. The molecule has 2 N–H and O–H groups in total. The van der Waals surface area contributed by atoms with Gasteiger partial charge in [-0.1, -0.05) is 13.3 Å². The van der Waals surface area contributed by atoms with Gasteiger partial charge in [0.15, 0.2) is 5.78 Å². The Morgan fingerprint density at radius 3 is 2.79 bits per heavy atom. The van der Waals surface area contributed by atoms with Crippen molar-refractivity contribution in [2.75, 3.05) is 0 Å². The van der Waals surface area contributed by atoms with Crippen molar-refractivity contribution in [1.29, 1.82) is 0 Å². The van der Waals surface area contributed by atoms with Gasteiger partial charge in [-0.05, 0) is 25.5 Å². The number of rotatable bonds is 4. The van der Waals surface area contributed by atoms with Crippen LogP contribution in [0.3, 0.4) is 0 Å². The third-order valence-electron chi connectivity index (χ3n) is 2.13. The molecule has 3 heteroatoms. The van der Waals surface area contributed by atoms with Gasteiger partial charge >= 0.3 is 0 Å². The number of Topliss-reactive ketones (excluding diaryl/α,β-unsaturated/α-hetero) is 1. The van der Waals surface area contributed by atoms with Gasteiger partial charge in [-0.15, -0.1) is 0 Å². The third-order valence-corrected chi connectivity index (χ3v) is 2.13. The lowest BCUT2D eigenvalue weighted by atomic mass is 10.0. The summed E-state index contributed by atoms with van der Waals surface area (Å²) < 4.78 is 0. The van der Waals surface area contributed by atoms with Gasteiger partial charge in [-0.2, -0.15) is 0 Å². The van der Waals surface area contributed by atoms with Gasteiger partial charge in [0.2, 0.25) is 0 Å². The van der Waals surface area contributed by atoms with Crippen molar-refractivity contribution in [2.24, 2.45) is 5.73 Å². The SMILES string of the molecule is CCCC(N)C(=O)c1ccc(C)nc1. The first-order chi connectivity index (χ1) is 6.65. The zero-order valence-electron chi connectivity index (χ0n) is 8.66. The number of carbonyl (C=O) groups is 1. The van der Waals surface area contributed by atoms with Crippen LogP contribution in [0.5, 0.6) is 0 Å². The van der Waals surface area contributed by atoms with Crippen molar-refractivity contribution < 1.29 is 4.79 Å². The molecule has 1 unspecified atom stereocenters. The van der Waals surface area contributed by atoms with Gasteiger partial charge in [-0.25, -0.2) is 0 Å². The van der Waals surface area contributed by atoms with Gasteiger partial charge < -0.3 is 5.73 Å². The molecule has 1 aromatic rings. The third kappa shape index (κ3) is 2.64. The average molecular weight is 192 g/mol. The maximum absolute atomic E-state index is 11.7. The molecule has 0 amide bonds. The number of carbonyl (C=O) groups excluding carboxylic acids is 1. The van der Waals surface area contributed by atoms with Crippen LogP contribution in [-0.4, -0.2) is 16.8 Å². The van der Waals surface area contributed by atoms with Gasteiger partial charge in [0, 0.05) is 17.5 Å². The first-order valence-electron chi connectivity index (χ1n) is 4.87. The minimum absolute atomic E-state index is 0.0145. The van der Waals surface area contributed by atoms with E-state index in [1.165, 1.54) is 0 Å².